The van der Waals surface area contributed by atoms with Crippen LogP contribution in [0.1, 0.15) is 11.3 Å². The zero-order valence-electron chi connectivity index (χ0n) is 12.9. The number of anilines is 1. The Morgan fingerprint density at radius 3 is 3.21 bits per heavy atom. The Labute approximate surface area is 142 Å². The Balaban J connectivity index is 1.31. The second kappa shape index (κ2) is 6.44. The van der Waals surface area contributed by atoms with Crippen molar-refractivity contribution in [3.05, 3.63) is 40.8 Å². The van der Waals surface area contributed by atoms with Crippen molar-refractivity contribution >= 4 is 28.8 Å². The summed E-state index contributed by atoms with van der Waals surface area (Å²) < 4.78 is 1.66. The predicted molar refractivity (Wildman–Crippen MR) is 91.1 cm³/mol. The van der Waals surface area contributed by atoms with E-state index in [2.05, 4.69) is 30.8 Å². The van der Waals surface area contributed by atoms with E-state index in [0.717, 1.165) is 35.9 Å². The molecular formula is C15H17N7OS. The van der Waals surface area contributed by atoms with E-state index in [9.17, 15) is 4.79 Å². The molecule has 4 heterocycles. The summed E-state index contributed by atoms with van der Waals surface area (Å²) >= 11 is 1.64. The first-order chi connectivity index (χ1) is 11.8. The number of carbonyl (C=O) groups excluding carboxylic acids is 1. The quantitative estimate of drug-likeness (QED) is 0.745. The molecule has 1 saturated heterocycles. The summed E-state index contributed by atoms with van der Waals surface area (Å²) in [6, 6.07) is 7.81. The zero-order chi connectivity index (χ0) is 16.4. The fourth-order valence-electron chi connectivity index (χ4n) is 2.79. The van der Waals surface area contributed by atoms with Crippen LogP contribution in [0.15, 0.2) is 36.0 Å². The maximum Gasteiger partial charge on any atom is 0.315 e. The number of thiophene rings is 1. The van der Waals surface area contributed by atoms with Crippen molar-refractivity contribution < 1.29 is 4.79 Å². The number of nitrogens with zero attached hydrogens (tertiary/aromatic N) is 5. The molecule has 3 aromatic heterocycles. The number of aromatic nitrogens is 4. The van der Waals surface area contributed by atoms with Crippen LogP contribution in [0.25, 0.3) is 5.65 Å². The van der Waals surface area contributed by atoms with E-state index >= 15 is 0 Å². The second-order valence-corrected chi connectivity index (χ2v) is 6.70. The average Bonchev–Trinajstić information content (AvgIpc) is 3.33. The van der Waals surface area contributed by atoms with Crippen LogP contribution in [-0.2, 0) is 6.54 Å². The normalized spacial score (nSPS) is 17.3. The number of rotatable bonds is 4. The summed E-state index contributed by atoms with van der Waals surface area (Å²) in [7, 11) is 0. The maximum absolute atomic E-state index is 12.0. The van der Waals surface area contributed by atoms with Gasteiger partial charge in [-0.05, 0) is 30.0 Å². The number of amides is 2. The molecule has 0 radical (unpaired) electrons. The van der Waals surface area contributed by atoms with Crippen molar-refractivity contribution in [3.63, 3.8) is 0 Å². The lowest BCUT2D eigenvalue weighted by molar-refractivity contribution is 0.237. The molecule has 0 aromatic carbocycles. The minimum absolute atomic E-state index is 0.117. The van der Waals surface area contributed by atoms with Crippen molar-refractivity contribution in [3.8, 4) is 0 Å². The van der Waals surface area contributed by atoms with Crippen LogP contribution in [0.4, 0.5) is 10.6 Å². The molecule has 0 spiro atoms. The molecule has 0 aliphatic carbocycles. The first-order valence-corrected chi connectivity index (χ1v) is 8.65. The van der Waals surface area contributed by atoms with Gasteiger partial charge in [-0.2, -0.15) is 4.52 Å². The summed E-state index contributed by atoms with van der Waals surface area (Å²) in [5.74, 6) is 0.866. The average molecular weight is 343 g/mol. The van der Waals surface area contributed by atoms with Crippen molar-refractivity contribution in [2.45, 2.75) is 19.0 Å². The van der Waals surface area contributed by atoms with Gasteiger partial charge in [-0.15, -0.1) is 26.6 Å². The third kappa shape index (κ3) is 3.16. The molecule has 124 valence electrons. The van der Waals surface area contributed by atoms with Gasteiger partial charge in [0.2, 0.25) is 0 Å². The molecule has 2 amide bonds. The van der Waals surface area contributed by atoms with Crippen LogP contribution in [-0.4, -0.2) is 45.0 Å². The Morgan fingerprint density at radius 1 is 1.38 bits per heavy atom. The van der Waals surface area contributed by atoms with Crippen LogP contribution in [0, 0.1) is 0 Å². The minimum atomic E-state index is -0.127. The number of hydrogen-bond acceptors (Lipinski definition) is 6. The predicted octanol–water partition coefficient (Wildman–Crippen LogP) is 1.26. The van der Waals surface area contributed by atoms with Crippen molar-refractivity contribution in [2.75, 3.05) is 18.0 Å². The monoisotopic (exact) mass is 343 g/mol. The number of nitrogens with one attached hydrogen (secondary N) is 2. The maximum atomic E-state index is 12.0. The molecule has 1 aliphatic heterocycles. The largest absolute Gasteiger partial charge is 0.353 e. The van der Waals surface area contributed by atoms with Gasteiger partial charge in [-0.1, -0.05) is 6.07 Å². The summed E-state index contributed by atoms with van der Waals surface area (Å²) in [5.41, 5.74) is 0.723. The number of urea groups is 1. The van der Waals surface area contributed by atoms with E-state index in [4.69, 9.17) is 0 Å². The van der Waals surface area contributed by atoms with E-state index < -0.39 is 0 Å². The molecule has 1 atom stereocenters. The molecule has 8 nitrogen and oxygen atoms in total. The van der Waals surface area contributed by atoms with Crippen LogP contribution >= 0.6 is 11.3 Å². The summed E-state index contributed by atoms with van der Waals surface area (Å²) in [5, 5.41) is 20.2. The zero-order valence-corrected chi connectivity index (χ0v) is 13.7. The Kier molecular flexibility index (Phi) is 3.99. The smallest absolute Gasteiger partial charge is 0.315 e. The van der Waals surface area contributed by atoms with Gasteiger partial charge in [-0.25, -0.2) is 4.79 Å². The third-order valence-corrected chi connectivity index (χ3v) is 4.87. The van der Waals surface area contributed by atoms with Crippen molar-refractivity contribution in [1.29, 1.82) is 0 Å². The Morgan fingerprint density at radius 2 is 2.33 bits per heavy atom. The number of fused-ring (bicyclic) bond motifs is 1. The van der Waals surface area contributed by atoms with Crippen molar-refractivity contribution in [1.82, 2.24) is 30.4 Å². The second-order valence-electron chi connectivity index (χ2n) is 5.66. The van der Waals surface area contributed by atoms with Gasteiger partial charge in [0.1, 0.15) is 12.1 Å². The number of hydrogen-bond donors (Lipinski definition) is 2. The van der Waals surface area contributed by atoms with E-state index in [-0.39, 0.29) is 12.1 Å². The molecule has 0 saturated carbocycles. The molecule has 1 unspecified atom stereocenters. The van der Waals surface area contributed by atoms with Gasteiger partial charge in [0.15, 0.2) is 5.65 Å². The molecule has 4 rings (SSSR count). The summed E-state index contributed by atoms with van der Waals surface area (Å²) in [6.45, 7) is 2.16. The molecule has 9 heteroatoms. The Hall–Kier alpha value is -2.68. The van der Waals surface area contributed by atoms with E-state index in [1.807, 2.05) is 29.6 Å². The van der Waals surface area contributed by atoms with Gasteiger partial charge in [-0.3, -0.25) is 0 Å². The van der Waals surface area contributed by atoms with Crippen LogP contribution in [0.3, 0.4) is 0 Å². The molecule has 1 aliphatic rings. The Bertz CT molecular complexity index is 831. The number of carbonyl (C=O) groups is 1. The molecule has 0 bridgehead atoms. The fraction of sp³-hybridized carbons (Fsp3) is 0.333. The van der Waals surface area contributed by atoms with E-state index in [0.29, 0.717) is 6.54 Å². The molecule has 3 aromatic rings. The van der Waals surface area contributed by atoms with Gasteiger partial charge >= 0.3 is 6.03 Å². The summed E-state index contributed by atoms with van der Waals surface area (Å²) in [6.07, 6.45) is 2.48. The molecule has 2 N–H and O–H groups in total. The molecule has 1 fully saturated rings. The van der Waals surface area contributed by atoms with E-state index in [1.165, 1.54) is 0 Å². The van der Waals surface area contributed by atoms with Crippen LogP contribution in [0.2, 0.25) is 0 Å². The van der Waals surface area contributed by atoms with E-state index in [1.54, 1.807) is 22.2 Å². The van der Waals surface area contributed by atoms with Crippen LogP contribution in [0.5, 0.6) is 0 Å². The minimum Gasteiger partial charge on any atom is -0.353 e. The van der Waals surface area contributed by atoms with Gasteiger partial charge < -0.3 is 15.5 Å². The highest BCUT2D eigenvalue weighted by atomic mass is 32.1. The lowest BCUT2D eigenvalue weighted by Gasteiger charge is -2.18. The van der Waals surface area contributed by atoms with Gasteiger partial charge in [0.05, 0.1) is 6.54 Å². The van der Waals surface area contributed by atoms with Crippen LogP contribution < -0.4 is 15.5 Å². The van der Waals surface area contributed by atoms with Gasteiger partial charge in [0.25, 0.3) is 0 Å². The lowest BCUT2D eigenvalue weighted by atomic mass is 10.3. The highest BCUT2D eigenvalue weighted by Crippen LogP contribution is 2.18. The van der Waals surface area contributed by atoms with Gasteiger partial charge in [0, 0.05) is 24.0 Å². The highest BCUT2D eigenvalue weighted by Gasteiger charge is 2.25. The first kappa shape index (κ1) is 14.9. The fourth-order valence-corrected chi connectivity index (χ4v) is 3.43. The topological polar surface area (TPSA) is 87.5 Å². The van der Waals surface area contributed by atoms with Crippen molar-refractivity contribution in [2.24, 2.45) is 0 Å². The SMILES string of the molecule is O=C(NCc1cccs1)NC1CCN(c2ccc3nncn3n2)C1. The lowest BCUT2D eigenvalue weighted by Crippen LogP contribution is -2.43. The first-order valence-electron chi connectivity index (χ1n) is 7.77. The highest BCUT2D eigenvalue weighted by molar-refractivity contribution is 7.09. The standard InChI is InChI=1S/C15H17N7OS/c23-15(16-8-12-2-1-7-24-12)18-11-5-6-21(9-11)14-4-3-13-19-17-10-22(13)20-14/h1-4,7,10-11H,5-6,8-9H2,(H2,16,18,23). The molecular weight excluding hydrogens is 326 g/mol. The molecule has 24 heavy (non-hydrogen) atoms. The third-order valence-electron chi connectivity index (χ3n) is 4.00. The summed E-state index contributed by atoms with van der Waals surface area (Å²) in [4.78, 5) is 15.3.